The molecule has 0 saturated heterocycles. The Hall–Kier alpha value is 0.314. The van der Waals surface area contributed by atoms with E-state index in [9.17, 15) is 0 Å². The fourth-order valence-corrected chi connectivity index (χ4v) is 8.76. The van der Waals surface area contributed by atoms with Crippen LogP contribution in [-0.4, -0.2) is 30.4 Å². The van der Waals surface area contributed by atoms with E-state index in [0.717, 1.165) is 25.9 Å². The molecule has 0 aliphatic carbocycles. The van der Waals surface area contributed by atoms with Crippen molar-refractivity contribution < 1.29 is 4.12 Å². The molecule has 0 bridgehead atoms. The average molecular weight is 234 g/mol. The van der Waals surface area contributed by atoms with Crippen LogP contribution in [0, 0.1) is 0 Å². The van der Waals surface area contributed by atoms with Crippen molar-refractivity contribution in [2.75, 3.05) is 13.1 Å². The minimum atomic E-state index is -1.40. The van der Waals surface area contributed by atoms with Gasteiger partial charge in [-0.1, -0.05) is 0 Å². The van der Waals surface area contributed by atoms with E-state index in [-0.39, 0.29) is 0 Å². The maximum Gasteiger partial charge on any atom is 0.173 e. The summed E-state index contributed by atoms with van der Waals surface area (Å²) in [5.41, 5.74) is 11.0. The van der Waals surface area contributed by atoms with Crippen LogP contribution < -0.4 is 11.5 Å². The molecule has 0 radical (unpaired) electrons. The fraction of sp³-hybridized carbons (Fsp3) is 1.00. The van der Waals surface area contributed by atoms with E-state index in [2.05, 4.69) is 19.6 Å². The van der Waals surface area contributed by atoms with Gasteiger partial charge in [-0.2, -0.15) is 0 Å². The first kappa shape index (κ1) is 14.3. The smallest absolute Gasteiger partial charge is 0.173 e. The Labute approximate surface area is 91.1 Å². The molecule has 0 aromatic rings. The molecule has 4 N–H and O–H groups in total. The van der Waals surface area contributed by atoms with Crippen LogP contribution in [0.2, 0.25) is 31.7 Å². The maximum absolute atomic E-state index is 6.21. The predicted molar refractivity (Wildman–Crippen MR) is 68.5 cm³/mol. The van der Waals surface area contributed by atoms with E-state index in [0.29, 0.717) is 0 Å². The van der Waals surface area contributed by atoms with Gasteiger partial charge in [0.15, 0.2) is 17.4 Å². The highest BCUT2D eigenvalue weighted by molar-refractivity contribution is 6.78. The first-order valence-electron chi connectivity index (χ1n) is 5.60. The first-order valence-corrected chi connectivity index (χ1v) is 11.2. The van der Waals surface area contributed by atoms with Crippen molar-refractivity contribution in [2.24, 2.45) is 11.5 Å². The van der Waals surface area contributed by atoms with E-state index in [1.807, 2.05) is 0 Å². The maximum atomic E-state index is 6.21. The Morgan fingerprint density at radius 1 is 1.14 bits per heavy atom. The van der Waals surface area contributed by atoms with E-state index >= 15 is 0 Å². The van der Waals surface area contributed by atoms with E-state index in [1.54, 1.807) is 0 Å². The van der Waals surface area contributed by atoms with Crippen LogP contribution in [0.5, 0.6) is 0 Å². The van der Waals surface area contributed by atoms with E-state index in [4.69, 9.17) is 15.6 Å². The van der Waals surface area contributed by atoms with Crippen LogP contribution in [0.1, 0.15) is 12.8 Å². The molecule has 0 saturated carbocycles. The fourth-order valence-electron chi connectivity index (χ4n) is 1.60. The summed E-state index contributed by atoms with van der Waals surface area (Å²) >= 11 is 0. The number of hydrogen-bond donors (Lipinski definition) is 2. The molecule has 14 heavy (non-hydrogen) atoms. The molecule has 0 aliphatic rings. The molecule has 0 aromatic carbocycles. The van der Waals surface area contributed by atoms with E-state index in [1.165, 1.54) is 12.1 Å². The number of hydrogen-bond acceptors (Lipinski definition) is 3. The van der Waals surface area contributed by atoms with Crippen molar-refractivity contribution >= 4 is 17.4 Å². The lowest BCUT2D eigenvalue weighted by atomic mass is 10.5. The lowest BCUT2D eigenvalue weighted by molar-refractivity contribution is 0.555. The molecule has 0 spiro atoms. The van der Waals surface area contributed by atoms with Gasteiger partial charge in [0, 0.05) is 0 Å². The Kier molecular flexibility index (Phi) is 7.76. The summed E-state index contributed by atoms with van der Waals surface area (Å²) in [6.07, 6.45) is 2.23. The lowest BCUT2D eigenvalue weighted by Crippen LogP contribution is -2.37. The van der Waals surface area contributed by atoms with Gasteiger partial charge in [-0.3, -0.25) is 0 Å². The molecule has 0 aliphatic heterocycles. The van der Waals surface area contributed by atoms with Crippen LogP contribution in [0.3, 0.4) is 0 Å². The predicted octanol–water partition coefficient (Wildman–Crippen LogP) is 1.26. The highest BCUT2D eigenvalue weighted by Gasteiger charge is 2.23. The van der Waals surface area contributed by atoms with Gasteiger partial charge in [0.05, 0.1) is 0 Å². The molecule has 0 amide bonds. The monoisotopic (exact) mass is 234 g/mol. The van der Waals surface area contributed by atoms with Crippen molar-refractivity contribution in [1.82, 2.24) is 0 Å². The van der Waals surface area contributed by atoms with Crippen LogP contribution in [0.4, 0.5) is 0 Å². The minimum absolute atomic E-state index is 0.790. The Balaban J connectivity index is 3.70. The van der Waals surface area contributed by atoms with Crippen molar-refractivity contribution in [2.45, 2.75) is 44.6 Å². The van der Waals surface area contributed by atoms with Gasteiger partial charge in [0.2, 0.25) is 0 Å². The summed E-state index contributed by atoms with van der Waals surface area (Å²) in [4.78, 5) is 0. The van der Waals surface area contributed by atoms with Gasteiger partial charge in [0.1, 0.15) is 0 Å². The van der Waals surface area contributed by atoms with Gasteiger partial charge >= 0.3 is 0 Å². The topological polar surface area (TPSA) is 61.3 Å². The van der Waals surface area contributed by atoms with Crippen molar-refractivity contribution in [3.8, 4) is 0 Å². The number of nitrogens with two attached hydrogens (primary N) is 2. The Morgan fingerprint density at radius 2 is 1.71 bits per heavy atom. The number of rotatable bonds is 8. The molecular weight excluding hydrogens is 208 g/mol. The van der Waals surface area contributed by atoms with Gasteiger partial charge in [0.25, 0.3) is 0 Å². The van der Waals surface area contributed by atoms with Crippen LogP contribution >= 0.6 is 0 Å². The normalized spacial score (nSPS) is 14.4. The van der Waals surface area contributed by atoms with Crippen LogP contribution in [0.15, 0.2) is 0 Å². The van der Waals surface area contributed by atoms with Crippen LogP contribution in [0.25, 0.3) is 0 Å². The third-order valence-electron chi connectivity index (χ3n) is 2.32. The molecule has 3 nitrogen and oxygen atoms in total. The van der Waals surface area contributed by atoms with Gasteiger partial charge in [-0.25, -0.2) is 0 Å². The standard InChI is InChI=1S/C9H26N2OSi2/c1-13(8-4-6-10)12-14(2,3)9-5-7-11/h13H,4-11H2,1-3H3. The quantitative estimate of drug-likeness (QED) is 0.622. The Bertz CT molecular complexity index is 145. The molecule has 0 heterocycles. The SMILES string of the molecule is C[SiH](CCCN)O[Si](C)(C)CCCN. The second-order valence-corrected chi connectivity index (χ2v) is 11.7. The second kappa shape index (κ2) is 7.59. The third kappa shape index (κ3) is 7.69. The molecule has 0 aromatic heterocycles. The zero-order valence-corrected chi connectivity index (χ0v) is 12.0. The lowest BCUT2D eigenvalue weighted by Gasteiger charge is -2.27. The molecular formula is C9H26N2OSi2. The summed E-state index contributed by atoms with van der Waals surface area (Å²) in [5.74, 6) is 0. The van der Waals surface area contributed by atoms with Crippen molar-refractivity contribution in [3.63, 3.8) is 0 Å². The minimum Gasteiger partial charge on any atom is -0.458 e. The van der Waals surface area contributed by atoms with Crippen molar-refractivity contribution in [1.29, 1.82) is 0 Å². The second-order valence-electron chi connectivity index (χ2n) is 4.51. The summed E-state index contributed by atoms with van der Waals surface area (Å²) in [6, 6.07) is 2.42. The molecule has 1 unspecified atom stereocenters. The zero-order valence-electron chi connectivity index (χ0n) is 9.88. The van der Waals surface area contributed by atoms with Crippen molar-refractivity contribution in [3.05, 3.63) is 0 Å². The highest BCUT2D eigenvalue weighted by atomic mass is 28.4. The van der Waals surface area contributed by atoms with Gasteiger partial charge < -0.3 is 15.6 Å². The summed E-state index contributed by atoms with van der Waals surface area (Å²) < 4.78 is 6.21. The van der Waals surface area contributed by atoms with Crippen LogP contribution in [-0.2, 0) is 4.12 Å². The van der Waals surface area contributed by atoms with Gasteiger partial charge in [-0.15, -0.1) is 0 Å². The Morgan fingerprint density at radius 3 is 2.21 bits per heavy atom. The first-order chi connectivity index (χ1) is 6.52. The van der Waals surface area contributed by atoms with E-state index < -0.39 is 17.4 Å². The molecule has 1 atom stereocenters. The summed E-state index contributed by atoms with van der Waals surface area (Å²) in [6.45, 7) is 8.47. The molecule has 5 heteroatoms. The third-order valence-corrected chi connectivity index (χ3v) is 9.26. The molecule has 0 rings (SSSR count). The zero-order chi connectivity index (χ0) is 11.0. The highest BCUT2D eigenvalue weighted by Crippen LogP contribution is 2.16. The summed E-state index contributed by atoms with van der Waals surface area (Å²) in [5, 5.41) is 0. The average Bonchev–Trinajstić information content (AvgIpc) is 2.11. The molecule has 86 valence electrons. The van der Waals surface area contributed by atoms with Gasteiger partial charge in [-0.05, 0) is 57.7 Å². The summed E-state index contributed by atoms with van der Waals surface area (Å²) in [7, 11) is -2.34. The largest absolute Gasteiger partial charge is 0.458 e. The molecule has 0 fully saturated rings.